The van der Waals surface area contributed by atoms with Crippen LogP contribution in [0.3, 0.4) is 0 Å². The molecule has 0 aromatic carbocycles. The van der Waals surface area contributed by atoms with E-state index in [4.69, 9.17) is 0 Å². The molecular weight excluding hydrogens is 208 g/mol. The van der Waals surface area contributed by atoms with E-state index in [1.807, 2.05) is 27.7 Å². The van der Waals surface area contributed by atoms with Crippen molar-refractivity contribution in [3.05, 3.63) is 0 Å². The zero-order valence-corrected chi connectivity index (χ0v) is 13.4. The highest BCUT2D eigenvalue weighted by Crippen LogP contribution is 2.29. The lowest BCUT2D eigenvalue weighted by Gasteiger charge is -2.23. The van der Waals surface area contributed by atoms with Gasteiger partial charge in [-0.2, -0.15) is 0 Å². The fourth-order valence-corrected chi connectivity index (χ4v) is 1.73. The minimum Gasteiger partial charge on any atom is -0.303 e. The van der Waals surface area contributed by atoms with E-state index in [2.05, 4.69) is 20.8 Å². The Labute approximate surface area is 110 Å². The molecule has 0 atom stereocenters. The summed E-state index contributed by atoms with van der Waals surface area (Å²) >= 11 is 0. The normalized spacial score (nSPS) is 21.6. The topological polar surface area (TPSA) is 17.1 Å². The summed E-state index contributed by atoms with van der Waals surface area (Å²) in [6.45, 7) is 14.5. The molecule has 1 saturated carbocycles. The van der Waals surface area contributed by atoms with Gasteiger partial charge in [0.05, 0.1) is 0 Å². The molecule has 0 spiro atoms. The van der Waals surface area contributed by atoms with Gasteiger partial charge in [0.25, 0.3) is 0 Å². The number of carbonyl (C=O) groups excluding carboxylic acids is 1. The molecule has 0 aromatic heterocycles. The van der Waals surface area contributed by atoms with Gasteiger partial charge >= 0.3 is 0 Å². The first kappa shape index (κ1) is 21.9. The Balaban J connectivity index is -0.000000239. The van der Waals surface area contributed by atoms with E-state index in [0.717, 1.165) is 25.0 Å². The molecule has 1 aliphatic carbocycles. The van der Waals surface area contributed by atoms with Crippen molar-refractivity contribution in [2.75, 3.05) is 0 Å². The monoisotopic (exact) mass is 244 g/mol. The third-order valence-corrected chi connectivity index (χ3v) is 2.66. The van der Waals surface area contributed by atoms with Gasteiger partial charge in [-0.3, -0.25) is 0 Å². The van der Waals surface area contributed by atoms with E-state index < -0.39 is 0 Å². The van der Waals surface area contributed by atoms with Crippen LogP contribution < -0.4 is 0 Å². The van der Waals surface area contributed by atoms with Crippen molar-refractivity contribution >= 4 is 6.29 Å². The van der Waals surface area contributed by atoms with Crippen LogP contribution in [0, 0.1) is 11.8 Å². The highest BCUT2D eigenvalue weighted by atomic mass is 16.1. The summed E-state index contributed by atoms with van der Waals surface area (Å²) in [5, 5.41) is 0. The van der Waals surface area contributed by atoms with Gasteiger partial charge in [-0.05, 0) is 31.6 Å². The Morgan fingerprint density at radius 1 is 0.882 bits per heavy atom. The van der Waals surface area contributed by atoms with Crippen LogP contribution in [-0.2, 0) is 4.79 Å². The maximum Gasteiger partial charge on any atom is 0.123 e. The Hall–Kier alpha value is -0.330. The minimum atomic E-state index is 0.391. The van der Waals surface area contributed by atoms with Gasteiger partial charge in [0, 0.05) is 5.92 Å². The van der Waals surface area contributed by atoms with Gasteiger partial charge in [-0.1, -0.05) is 61.3 Å². The van der Waals surface area contributed by atoms with Crippen LogP contribution in [0.1, 0.15) is 87.0 Å². The van der Waals surface area contributed by atoms with Crippen molar-refractivity contribution in [3.8, 4) is 0 Å². The Morgan fingerprint density at radius 2 is 1.24 bits per heavy atom. The Morgan fingerprint density at radius 3 is 1.47 bits per heavy atom. The maximum absolute atomic E-state index is 10.4. The quantitative estimate of drug-likeness (QED) is 0.555. The SMILES string of the molecule is CC.CC.CCC.CCC1CCC(C=O)CC1. The summed E-state index contributed by atoms with van der Waals surface area (Å²) < 4.78 is 0. The molecule has 0 heterocycles. The van der Waals surface area contributed by atoms with Crippen molar-refractivity contribution in [2.45, 2.75) is 87.0 Å². The van der Waals surface area contributed by atoms with E-state index >= 15 is 0 Å². The highest BCUT2D eigenvalue weighted by molar-refractivity contribution is 5.53. The minimum absolute atomic E-state index is 0.391. The van der Waals surface area contributed by atoms with Crippen molar-refractivity contribution in [2.24, 2.45) is 11.8 Å². The van der Waals surface area contributed by atoms with Crippen LogP contribution in [0.15, 0.2) is 0 Å². The van der Waals surface area contributed by atoms with Crippen LogP contribution in [0.4, 0.5) is 0 Å². The number of hydrogen-bond acceptors (Lipinski definition) is 1. The molecule has 1 fully saturated rings. The summed E-state index contributed by atoms with van der Waals surface area (Å²) in [5.74, 6) is 1.30. The third kappa shape index (κ3) is 15.7. The second-order valence-electron chi connectivity index (χ2n) is 4.03. The molecule has 0 N–H and O–H groups in total. The molecule has 0 saturated heterocycles. The molecule has 0 amide bonds. The largest absolute Gasteiger partial charge is 0.303 e. The van der Waals surface area contributed by atoms with Crippen LogP contribution >= 0.6 is 0 Å². The van der Waals surface area contributed by atoms with Gasteiger partial charge in [0.15, 0.2) is 0 Å². The number of aldehydes is 1. The molecule has 1 aliphatic rings. The molecular formula is C16H36O. The van der Waals surface area contributed by atoms with Crippen molar-refractivity contribution in [3.63, 3.8) is 0 Å². The third-order valence-electron chi connectivity index (χ3n) is 2.66. The van der Waals surface area contributed by atoms with Gasteiger partial charge in [-0.25, -0.2) is 0 Å². The van der Waals surface area contributed by atoms with Gasteiger partial charge in [0.1, 0.15) is 6.29 Å². The molecule has 17 heavy (non-hydrogen) atoms. The van der Waals surface area contributed by atoms with E-state index in [1.54, 1.807) is 0 Å². The number of rotatable bonds is 2. The Bertz CT molecular complexity index is 113. The first-order valence-corrected chi connectivity index (χ1v) is 7.73. The number of hydrogen-bond donors (Lipinski definition) is 0. The second-order valence-corrected chi connectivity index (χ2v) is 4.03. The average Bonchev–Trinajstić information content (AvgIpc) is 2.44. The predicted octanol–water partition coefficient (Wildman–Crippen LogP) is 5.87. The average molecular weight is 244 g/mol. The summed E-state index contributed by atoms with van der Waals surface area (Å²) in [5.41, 5.74) is 0. The summed E-state index contributed by atoms with van der Waals surface area (Å²) in [6.07, 6.45) is 8.52. The van der Waals surface area contributed by atoms with Gasteiger partial charge < -0.3 is 4.79 Å². The second kappa shape index (κ2) is 21.0. The fraction of sp³-hybridized carbons (Fsp3) is 0.938. The van der Waals surface area contributed by atoms with E-state index in [-0.39, 0.29) is 0 Å². The van der Waals surface area contributed by atoms with Crippen LogP contribution in [0.2, 0.25) is 0 Å². The molecule has 1 rings (SSSR count). The summed E-state index contributed by atoms with van der Waals surface area (Å²) in [6, 6.07) is 0. The number of carbonyl (C=O) groups is 1. The summed E-state index contributed by atoms with van der Waals surface area (Å²) in [4.78, 5) is 10.4. The van der Waals surface area contributed by atoms with Crippen molar-refractivity contribution in [1.82, 2.24) is 0 Å². The molecule has 0 aliphatic heterocycles. The smallest absolute Gasteiger partial charge is 0.123 e. The molecule has 106 valence electrons. The molecule has 0 aromatic rings. The molecule has 1 heteroatoms. The zero-order valence-electron chi connectivity index (χ0n) is 13.4. The fourth-order valence-electron chi connectivity index (χ4n) is 1.73. The maximum atomic E-state index is 10.4. The first-order valence-electron chi connectivity index (χ1n) is 7.73. The summed E-state index contributed by atoms with van der Waals surface area (Å²) in [7, 11) is 0. The highest BCUT2D eigenvalue weighted by Gasteiger charge is 2.18. The van der Waals surface area contributed by atoms with Gasteiger partial charge in [-0.15, -0.1) is 0 Å². The van der Waals surface area contributed by atoms with Crippen molar-refractivity contribution < 1.29 is 4.79 Å². The lowest BCUT2D eigenvalue weighted by atomic mass is 9.82. The van der Waals surface area contributed by atoms with E-state index in [1.165, 1.54) is 25.7 Å². The molecule has 0 unspecified atom stereocenters. The first-order chi connectivity index (χ1) is 8.28. The molecule has 0 bridgehead atoms. The van der Waals surface area contributed by atoms with E-state index in [0.29, 0.717) is 5.92 Å². The lowest BCUT2D eigenvalue weighted by molar-refractivity contribution is -0.112. The van der Waals surface area contributed by atoms with Gasteiger partial charge in [0.2, 0.25) is 0 Å². The van der Waals surface area contributed by atoms with Crippen molar-refractivity contribution in [1.29, 1.82) is 0 Å². The molecule has 1 nitrogen and oxygen atoms in total. The van der Waals surface area contributed by atoms with E-state index in [9.17, 15) is 4.79 Å². The zero-order chi connectivity index (χ0) is 14.1. The molecule has 0 radical (unpaired) electrons. The van der Waals surface area contributed by atoms with Crippen LogP contribution in [0.25, 0.3) is 0 Å². The lowest BCUT2D eigenvalue weighted by Crippen LogP contribution is -2.14. The standard InChI is InChI=1S/C9H16O.C3H8.2C2H6/c1-2-8-3-5-9(7-10)6-4-8;1-3-2;2*1-2/h7-9H,2-6H2,1H3;3H2,1-2H3;2*1-2H3. The Kier molecular flexibility index (Phi) is 27.1. The van der Waals surface area contributed by atoms with Crippen LogP contribution in [-0.4, -0.2) is 6.29 Å². The van der Waals surface area contributed by atoms with Crippen LogP contribution in [0.5, 0.6) is 0 Å². The predicted molar refractivity (Wildman–Crippen MR) is 80.5 cm³/mol.